The van der Waals surface area contributed by atoms with E-state index in [1.165, 1.54) is 16.7 Å². The Morgan fingerprint density at radius 1 is 0.473 bits per heavy atom. The molecule has 0 saturated heterocycles. The fourth-order valence-corrected chi connectivity index (χ4v) is 9.99. The Kier molecular flexibility index (Phi) is 16.4. The third kappa shape index (κ3) is 11.5. The zero-order chi connectivity index (χ0) is 51.6. The van der Waals surface area contributed by atoms with E-state index >= 15 is 0 Å². The summed E-state index contributed by atoms with van der Waals surface area (Å²) in [6.07, 6.45) is 8.09. The molecule has 16 heteroatoms. The van der Waals surface area contributed by atoms with E-state index in [4.69, 9.17) is 38.4 Å². The molecule has 0 fully saturated rings. The number of hydrogen-bond acceptors (Lipinski definition) is 14. The van der Waals surface area contributed by atoms with E-state index in [1.54, 1.807) is 49.0 Å². The number of nitrogens with zero attached hydrogens (tertiary/aromatic N) is 8. The summed E-state index contributed by atoms with van der Waals surface area (Å²) in [5.74, 6) is 5.87. The van der Waals surface area contributed by atoms with Crippen LogP contribution in [-0.4, -0.2) is 108 Å². The van der Waals surface area contributed by atoms with Crippen molar-refractivity contribution in [2.75, 3.05) is 68.8 Å². The number of aryl methyl sites for hydroxylation is 2. The predicted octanol–water partition coefficient (Wildman–Crippen LogP) is 7.32. The van der Waals surface area contributed by atoms with Crippen molar-refractivity contribution < 1.29 is 28.4 Å². The summed E-state index contributed by atoms with van der Waals surface area (Å²) in [6, 6.07) is 31.1. The smallest absolute Gasteiger partial charge is 0.261 e. The maximum atomic E-state index is 13.6. The second kappa shape index (κ2) is 23.8. The lowest BCUT2D eigenvalue weighted by molar-refractivity contribution is 0.251. The van der Waals surface area contributed by atoms with Crippen molar-refractivity contribution in [3.8, 4) is 34.5 Å². The van der Waals surface area contributed by atoms with Crippen molar-refractivity contribution in [1.29, 1.82) is 0 Å². The summed E-state index contributed by atoms with van der Waals surface area (Å²) in [7, 11) is 9.83. The van der Waals surface area contributed by atoms with Crippen LogP contribution >= 0.6 is 0 Å². The summed E-state index contributed by atoms with van der Waals surface area (Å²) >= 11 is 0. The highest BCUT2D eigenvalue weighted by atomic mass is 16.5. The maximum Gasteiger partial charge on any atom is 0.261 e. The van der Waals surface area contributed by atoms with Crippen LogP contribution in [0.3, 0.4) is 0 Å². The summed E-state index contributed by atoms with van der Waals surface area (Å²) in [6.45, 7) is 6.20. The first-order chi connectivity index (χ1) is 36.2. The number of fused-ring (bicyclic) bond motifs is 4. The molecule has 0 atom stereocenters. The minimum Gasteiger partial charge on any atom is -0.493 e. The van der Waals surface area contributed by atoms with E-state index in [2.05, 4.69) is 31.9 Å². The SMILES string of the molecule is COc1ccc(CCn2c(CCN3CCc4cc(OC)c(OC)cc4C3)nc3ccccc3c2=O)cc1OC.COc1ccc(CCn2c(CCN3CCc4ncncc4C3)nc3ccccc3c2=O)cc1OC. The average molecular weight is 1000 g/mol. The van der Waals surface area contributed by atoms with E-state index in [9.17, 15) is 9.59 Å². The van der Waals surface area contributed by atoms with Crippen molar-refractivity contribution in [3.63, 3.8) is 0 Å². The number of methoxy groups -OCH3 is 6. The minimum atomic E-state index is -0.00287. The Balaban J connectivity index is 0.000000183. The van der Waals surface area contributed by atoms with Crippen LogP contribution in [0, 0.1) is 0 Å². The van der Waals surface area contributed by atoms with Crippen LogP contribution in [0.25, 0.3) is 21.8 Å². The number of benzene rings is 5. The Bertz CT molecular complexity index is 3380. The van der Waals surface area contributed by atoms with E-state index < -0.39 is 0 Å². The van der Waals surface area contributed by atoms with Gasteiger partial charge < -0.3 is 28.4 Å². The lowest BCUT2D eigenvalue weighted by Gasteiger charge is -2.29. The van der Waals surface area contributed by atoms with Crippen LogP contribution in [0.1, 0.15) is 45.2 Å². The highest BCUT2D eigenvalue weighted by molar-refractivity contribution is 5.78. The molecule has 2 aliphatic rings. The quantitative estimate of drug-likeness (QED) is 0.0842. The molecule has 0 saturated carbocycles. The van der Waals surface area contributed by atoms with Gasteiger partial charge in [0.05, 0.1) is 64.5 Å². The Morgan fingerprint density at radius 2 is 0.932 bits per heavy atom. The van der Waals surface area contributed by atoms with Crippen LogP contribution in [-0.2, 0) is 64.7 Å². The van der Waals surface area contributed by atoms with Gasteiger partial charge in [-0.05, 0) is 102 Å². The fourth-order valence-electron chi connectivity index (χ4n) is 9.99. The van der Waals surface area contributed by atoms with Gasteiger partial charge in [0.1, 0.15) is 18.0 Å². The zero-order valence-corrected chi connectivity index (χ0v) is 43.1. The number of para-hydroxylation sites is 2. The number of aromatic nitrogens is 6. The van der Waals surface area contributed by atoms with Gasteiger partial charge >= 0.3 is 0 Å². The Labute approximate surface area is 431 Å². The molecule has 0 unspecified atom stereocenters. The molecule has 10 rings (SSSR count). The highest BCUT2D eigenvalue weighted by Gasteiger charge is 2.22. The van der Waals surface area contributed by atoms with Gasteiger partial charge in [-0.25, -0.2) is 19.9 Å². The van der Waals surface area contributed by atoms with E-state index in [0.29, 0.717) is 72.5 Å². The molecule has 0 aliphatic carbocycles. The van der Waals surface area contributed by atoms with Crippen molar-refractivity contribution in [2.45, 2.75) is 64.7 Å². The molecule has 0 radical (unpaired) electrons. The molecule has 384 valence electrons. The van der Waals surface area contributed by atoms with Crippen LogP contribution < -0.4 is 39.5 Å². The first-order valence-electron chi connectivity index (χ1n) is 25.1. The molecule has 3 aromatic heterocycles. The Morgan fingerprint density at radius 3 is 1.45 bits per heavy atom. The molecule has 2 aliphatic heterocycles. The molecule has 16 nitrogen and oxygen atoms in total. The molecule has 74 heavy (non-hydrogen) atoms. The molecule has 0 spiro atoms. The van der Waals surface area contributed by atoms with Crippen LogP contribution in [0.5, 0.6) is 34.5 Å². The first-order valence-corrected chi connectivity index (χ1v) is 25.1. The number of hydrogen-bond donors (Lipinski definition) is 0. The van der Waals surface area contributed by atoms with Gasteiger partial charge in [-0.1, -0.05) is 36.4 Å². The van der Waals surface area contributed by atoms with Crippen LogP contribution in [0.2, 0.25) is 0 Å². The Hall–Kier alpha value is -7.82. The maximum absolute atomic E-state index is 13.6. The van der Waals surface area contributed by atoms with Gasteiger partial charge in [-0.2, -0.15) is 0 Å². The zero-order valence-electron chi connectivity index (χ0n) is 43.1. The minimum absolute atomic E-state index is 0.00287. The summed E-state index contributed by atoms with van der Waals surface area (Å²) in [5.41, 5.74) is 8.46. The second-order valence-electron chi connectivity index (χ2n) is 18.4. The molecule has 8 aromatic rings. The van der Waals surface area contributed by atoms with Crippen molar-refractivity contribution in [3.05, 3.63) is 175 Å². The van der Waals surface area contributed by atoms with Gasteiger partial charge in [0, 0.05) is 89.1 Å². The monoisotopic (exact) mass is 1000 g/mol. The lowest BCUT2D eigenvalue weighted by Crippen LogP contribution is -2.34. The van der Waals surface area contributed by atoms with Gasteiger partial charge in [0.2, 0.25) is 0 Å². The van der Waals surface area contributed by atoms with E-state index in [-0.39, 0.29) is 11.1 Å². The van der Waals surface area contributed by atoms with Gasteiger partial charge in [-0.3, -0.25) is 28.5 Å². The second-order valence-corrected chi connectivity index (χ2v) is 18.4. The lowest BCUT2D eigenvalue weighted by atomic mass is 9.98. The summed E-state index contributed by atoms with van der Waals surface area (Å²) in [4.78, 5) is 50.2. The largest absolute Gasteiger partial charge is 0.493 e. The molecule has 0 N–H and O–H groups in total. The molecule has 0 bridgehead atoms. The standard InChI is InChI=1S/C31H35N3O5.C27H29N5O3/c1-36-26-10-9-21(17-27(26)37-2)11-16-34-30(32-25-8-6-5-7-24(25)31(34)35)13-15-33-14-12-22-18-28(38-3)29(39-4)19-23(22)20-33;1-34-24-8-7-19(15-25(24)35-2)9-14-32-26(30-23-6-4-3-5-21(23)27(32)33)11-13-31-12-10-22-20(17-31)16-28-18-29-22/h5-10,17-19H,11-16,20H2,1-4H3;3-8,15-16,18H,9-14,17H2,1-2H3. The van der Waals surface area contributed by atoms with Gasteiger partial charge in [0.25, 0.3) is 11.1 Å². The van der Waals surface area contributed by atoms with E-state index in [0.717, 1.165) is 103 Å². The van der Waals surface area contributed by atoms with Crippen LogP contribution in [0.4, 0.5) is 0 Å². The molecule has 5 aromatic carbocycles. The van der Waals surface area contributed by atoms with E-state index in [1.807, 2.05) is 100 Å². The van der Waals surface area contributed by atoms with Crippen molar-refractivity contribution in [2.24, 2.45) is 0 Å². The molecular weight excluding hydrogens is 937 g/mol. The van der Waals surface area contributed by atoms with Crippen molar-refractivity contribution in [1.82, 2.24) is 38.9 Å². The fraction of sp³-hybridized carbons (Fsp3) is 0.345. The molecule has 0 amide bonds. The van der Waals surface area contributed by atoms with Gasteiger partial charge in [0.15, 0.2) is 34.5 Å². The molecular formula is C58H64N8O8. The summed E-state index contributed by atoms with van der Waals surface area (Å²) < 4.78 is 36.3. The first kappa shape index (κ1) is 51.1. The summed E-state index contributed by atoms with van der Waals surface area (Å²) in [5, 5.41) is 1.29. The highest BCUT2D eigenvalue weighted by Crippen LogP contribution is 2.34. The van der Waals surface area contributed by atoms with Gasteiger partial charge in [-0.15, -0.1) is 0 Å². The number of rotatable bonds is 18. The van der Waals surface area contributed by atoms with Crippen molar-refractivity contribution >= 4 is 21.8 Å². The molecule has 5 heterocycles. The number of ether oxygens (including phenoxy) is 6. The third-order valence-corrected chi connectivity index (χ3v) is 14.1. The van der Waals surface area contributed by atoms with Crippen LogP contribution in [0.15, 0.2) is 119 Å². The third-order valence-electron chi connectivity index (χ3n) is 14.1. The predicted molar refractivity (Wildman–Crippen MR) is 285 cm³/mol. The average Bonchev–Trinajstić information content (AvgIpc) is 3.45. The normalized spacial score (nSPS) is 13.4. The topological polar surface area (TPSA) is 157 Å².